The first-order chi connectivity index (χ1) is 9.06. The van der Waals surface area contributed by atoms with Crippen LogP contribution < -0.4 is 4.90 Å². The van der Waals surface area contributed by atoms with Crippen molar-refractivity contribution in [1.82, 2.24) is 4.98 Å². The van der Waals surface area contributed by atoms with Gasteiger partial charge in [-0.15, -0.1) is 0 Å². The molecule has 2 aromatic rings. The van der Waals surface area contributed by atoms with Gasteiger partial charge in [-0.05, 0) is 50.6 Å². The highest BCUT2D eigenvalue weighted by molar-refractivity contribution is 6.29. The number of nitrogens with zero attached hydrogens (tertiary/aromatic N) is 2. The number of hydrogen-bond acceptors (Lipinski definition) is 2. The summed E-state index contributed by atoms with van der Waals surface area (Å²) >= 11 is 5.95. The zero-order valence-corrected chi connectivity index (χ0v) is 12.4. The van der Waals surface area contributed by atoms with Gasteiger partial charge in [0.25, 0.3) is 0 Å². The molecule has 0 saturated carbocycles. The molecule has 2 nitrogen and oxygen atoms in total. The number of halogens is 1. The van der Waals surface area contributed by atoms with Crippen LogP contribution in [0.2, 0.25) is 5.15 Å². The average Bonchev–Trinajstić information content (AvgIpc) is 2.37. The van der Waals surface area contributed by atoms with E-state index in [1.807, 2.05) is 12.1 Å². The van der Waals surface area contributed by atoms with Crippen molar-refractivity contribution in [1.29, 1.82) is 0 Å². The third-order valence-electron chi connectivity index (χ3n) is 3.13. The number of pyridine rings is 1. The fourth-order valence-electron chi connectivity index (χ4n) is 2.05. The molecule has 0 N–H and O–H groups in total. The molecular formula is C16H19ClN2. The molecule has 19 heavy (non-hydrogen) atoms. The lowest BCUT2D eigenvalue weighted by atomic mass is 10.1. The van der Waals surface area contributed by atoms with Crippen molar-refractivity contribution in [2.45, 2.75) is 33.4 Å². The Morgan fingerprint density at radius 1 is 1.16 bits per heavy atom. The summed E-state index contributed by atoms with van der Waals surface area (Å²) in [6, 6.07) is 13.0. The predicted octanol–water partition coefficient (Wildman–Crippen LogP) is 4.46. The van der Waals surface area contributed by atoms with Crippen molar-refractivity contribution in [2.24, 2.45) is 0 Å². The predicted molar refractivity (Wildman–Crippen MR) is 81.7 cm³/mol. The topological polar surface area (TPSA) is 16.1 Å². The van der Waals surface area contributed by atoms with E-state index in [9.17, 15) is 0 Å². The summed E-state index contributed by atoms with van der Waals surface area (Å²) in [5.74, 6) is 0. The summed E-state index contributed by atoms with van der Waals surface area (Å²) in [5, 5.41) is 0.546. The SMILES string of the molecule is Cc1ccc(N(Cc2ccnc(Cl)c2)C(C)C)cc1. The molecule has 0 amide bonds. The molecule has 0 aliphatic rings. The van der Waals surface area contributed by atoms with E-state index in [1.165, 1.54) is 16.8 Å². The summed E-state index contributed by atoms with van der Waals surface area (Å²) in [4.78, 5) is 6.38. The first kappa shape index (κ1) is 13.9. The van der Waals surface area contributed by atoms with Crippen LogP contribution in [0.25, 0.3) is 0 Å². The minimum atomic E-state index is 0.426. The largest absolute Gasteiger partial charge is 0.365 e. The van der Waals surface area contributed by atoms with E-state index in [2.05, 4.69) is 54.9 Å². The highest BCUT2D eigenvalue weighted by atomic mass is 35.5. The maximum Gasteiger partial charge on any atom is 0.129 e. The minimum absolute atomic E-state index is 0.426. The van der Waals surface area contributed by atoms with Gasteiger partial charge in [0.1, 0.15) is 5.15 Å². The second kappa shape index (κ2) is 6.07. The Morgan fingerprint density at radius 2 is 1.84 bits per heavy atom. The molecule has 0 atom stereocenters. The van der Waals surface area contributed by atoms with Crippen molar-refractivity contribution in [3.05, 3.63) is 58.9 Å². The minimum Gasteiger partial charge on any atom is -0.365 e. The second-order valence-corrected chi connectivity index (χ2v) is 5.43. The lowest BCUT2D eigenvalue weighted by Gasteiger charge is -2.29. The smallest absolute Gasteiger partial charge is 0.129 e. The van der Waals surface area contributed by atoms with E-state index < -0.39 is 0 Å². The van der Waals surface area contributed by atoms with Gasteiger partial charge < -0.3 is 4.90 Å². The van der Waals surface area contributed by atoms with Crippen LogP contribution in [0.1, 0.15) is 25.0 Å². The molecule has 0 aliphatic heterocycles. The van der Waals surface area contributed by atoms with Gasteiger partial charge >= 0.3 is 0 Å². The lowest BCUT2D eigenvalue weighted by molar-refractivity contribution is 0.682. The van der Waals surface area contributed by atoms with Gasteiger partial charge in [0.15, 0.2) is 0 Å². The standard InChI is InChI=1S/C16H19ClN2/c1-12(2)19(15-6-4-13(3)5-7-15)11-14-8-9-18-16(17)10-14/h4-10,12H,11H2,1-3H3. The number of aryl methyl sites for hydroxylation is 1. The molecule has 0 radical (unpaired) electrons. The van der Waals surface area contributed by atoms with Crippen molar-refractivity contribution < 1.29 is 0 Å². The highest BCUT2D eigenvalue weighted by Gasteiger charge is 2.11. The molecule has 1 aromatic carbocycles. The van der Waals surface area contributed by atoms with Gasteiger partial charge in [0, 0.05) is 24.5 Å². The van der Waals surface area contributed by atoms with Crippen LogP contribution >= 0.6 is 11.6 Å². The van der Waals surface area contributed by atoms with Crippen LogP contribution in [-0.4, -0.2) is 11.0 Å². The number of anilines is 1. The molecule has 0 fully saturated rings. The van der Waals surface area contributed by atoms with Crippen LogP contribution in [0.3, 0.4) is 0 Å². The molecule has 0 unspecified atom stereocenters. The van der Waals surface area contributed by atoms with Crippen molar-refractivity contribution in [3.63, 3.8) is 0 Å². The number of hydrogen-bond donors (Lipinski definition) is 0. The molecular weight excluding hydrogens is 256 g/mol. The van der Waals surface area contributed by atoms with E-state index in [0.29, 0.717) is 11.2 Å². The first-order valence-corrected chi connectivity index (χ1v) is 6.88. The quantitative estimate of drug-likeness (QED) is 0.766. The lowest BCUT2D eigenvalue weighted by Crippen LogP contribution is -2.30. The molecule has 0 bridgehead atoms. The third kappa shape index (κ3) is 3.71. The fourth-order valence-corrected chi connectivity index (χ4v) is 2.24. The van der Waals surface area contributed by atoms with Crippen LogP contribution in [0.5, 0.6) is 0 Å². The summed E-state index contributed by atoms with van der Waals surface area (Å²) < 4.78 is 0. The maximum atomic E-state index is 5.95. The maximum absolute atomic E-state index is 5.95. The van der Waals surface area contributed by atoms with Gasteiger partial charge in [-0.25, -0.2) is 4.98 Å². The van der Waals surface area contributed by atoms with Crippen LogP contribution in [0.15, 0.2) is 42.6 Å². The molecule has 0 aliphatic carbocycles. The van der Waals surface area contributed by atoms with Gasteiger partial charge in [0.05, 0.1) is 0 Å². The summed E-state index contributed by atoms with van der Waals surface area (Å²) in [7, 11) is 0. The number of benzene rings is 1. The summed E-state index contributed by atoms with van der Waals surface area (Å²) in [6.45, 7) is 7.33. The van der Waals surface area contributed by atoms with Gasteiger partial charge in [-0.1, -0.05) is 29.3 Å². The molecule has 1 heterocycles. The third-order valence-corrected chi connectivity index (χ3v) is 3.34. The van der Waals surface area contributed by atoms with Crippen molar-refractivity contribution >= 4 is 17.3 Å². The average molecular weight is 275 g/mol. The van der Waals surface area contributed by atoms with E-state index in [-0.39, 0.29) is 0 Å². The zero-order valence-electron chi connectivity index (χ0n) is 11.6. The van der Waals surface area contributed by atoms with Crippen molar-refractivity contribution in [3.8, 4) is 0 Å². The zero-order chi connectivity index (χ0) is 13.8. The molecule has 1 aromatic heterocycles. The van der Waals surface area contributed by atoms with E-state index in [4.69, 9.17) is 11.6 Å². The molecule has 2 rings (SSSR count). The Morgan fingerprint density at radius 3 is 2.42 bits per heavy atom. The normalized spacial score (nSPS) is 10.8. The molecule has 100 valence electrons. The summed E-state index contributed by atoms with van der Waals surface area (Å²) in [5.41, 5.74) is 3.68. The van der Waals surface area contributed by atoms with Crippen LogP contribution in [-0.2, 0) is 6.54 Å². The van der Waals surface area contributed by atoms with Crippen LogP contribution in [0, 0.1) is 6.92 Å². The Hall–Kier alpha value is -1.54. The Balaban J connectivity index is 2.23. The van der Waals surface area contributed by atoms with Gasteiger partial charge in [-0.3, -0.25) is 0 Å². The Kier molecular flexibility index (Phi) is 4.43. The summed E-state index contributed by atoms with van der Waals surface area (Å²) in [6.07, 6.45) is 1.76. The molecule has 3 heteroatoms. The second-order valence-electron chi connectivity index (χ2n) is 5.04. The molecule has 0 spiro atoms. The van der Waals surface area contributed by atoms with Gasteiger partial charge in [0.2, 0.25) is 0 Å². The Bertz CT molecular complexity index is 535. The van der Waals surface area contributed by atoms with E-state index >= 15 is 0 Å². The van der Waals surface area contributed by atoms with Crippen molar-refractivity contribution in [2.75, 3.05) is 4.90 Å². The van der Waals surface area contributed by atoms with Crippen LogP contribution in [0.4, 0.5) is 5.69 Å². The highest BCUT2D eigenvalue weighted by Crippen LogP contribution is 2.21. The fraction of sp³-hybridized carbons (Fsp3) is 0.312. The molecule has 0 saturated heterocycles. The number of aromatic nitrogens is 1. The van der Waals surface area contributed by atoms with E-state index in [1.54, 1.807) is 6.20 Å². The van der Waals surface area contributed by atoms with Gasteiger partial charge in [-0.2, -0.15) is 0 Å². The van der Waals surface area contributed by atoms with E-state index in [0.717, 1.165) is 6.54 Å². The monoisotopic (exact) mass is 274 g/mol. The first-order valence-electron chi connectivity index (χ1n) is 6.50. The number of rotatable bonds is 4. The Labute approximate surface area is 120 Å².